The molecule has 34 heavy (non-hydrogen) atoms. The van der Waals surface area contributed by atoms with Crippen LogP contribution in [0.4, 0.5) is 10.5 Å². The number of esters is 1. The maximum Gasteiger partial charge on any atom is 0.410 e. The monoisotopic (exact) mass is 471 g/mol. The molecule has 0 spiro atoms. The lowest BCUT2D eigenvalue weighted by Gasteiger charge is -2.36. The molecule has 3 heterocycles. The molecule has 2 saturated heterocycles. The minimum atomic E-state index is -0.477. The predicted molar refractivity (Wildman–Crippen MR) is 131 cm³/mol. The van der Waals surface area contributed by atoms with E-state index in [9.17, 15) is 9.59 Å². The molecule has 0 saturated carbocycles. The fraction of sp³-hybridized carbons (Fsp3) is 0.640. The van der Waals surface area contributed by atoms with Gasteiger partial charge in [0.1, 0.15) is 11.4 Å². The first kappa shape index (κ1) is 24.3. The van der Waals surface area contributed by atoms with Gasteiger partial charge in [-0.15, -0.1) is 0 Å². The molecule has 0 bridgehead atoms. The molecule has 9 heteroatoms. The number of anilines is 1. The normalized spacial score (nSPS) is 18.4. The van der Waals surface area contributed by atoms with Crippen LogP contribution in [-0.4, -0.2) is 89.9 Å². The molecule has 4 rings (SSSR count). The van der Waals surface area contributed by atoms with Gasteiger partial charge >= 0.3 is 12.1 Å². The van der Waals surface area contributed by atoms with Gasteiger partial charge in [-0.2, -0.15) is 0 Å². The van der Waals surface area contributed by atoms with Crippen molar-refractivity contribution >= 4 is 28.8 Å². The fourth-order valence-corrected chi connectivity index (χ4v) is 4.63. The Kier molecular flexibility index (Phi) is 7.30. The van der Waals surface area contributed by atoms with E-state index < -0.39 is 5.60 Å². The van der Waals surface area contributed by atoms with E-state index in [4.69, 9.17) is 14.5 Å². The van der Waals surface area contributed by atoms with Crippen molar-refractivity contribution in [3.63, 3.8) is 0 Å². The summed E-state index contributed by atoms with van der Waals surface area (Å²) in [7, 11) is 0. The molecular formula is C25H37N5O4. The van der Waals surface area contributed by atoms with Crippen LogP contribution in [0.25, 0.3) is 11.0 Å². The number of imidazole rings is 1. The fourth-order valence-electron chi connectivity index (χ4n) is 4.63. The topological polar surface area (TPSA) is 91.0 Å². The Morgan fingerprint density at radius 2 is 1.79 bits per heavy atom. The number of piperidine rings is 1. The average Bonchev–Trinajstić information content (AvgIpc) is 3.22. The molecule has 0 radical (unpaired) electrons. The highest BCUT2D eigenvalue weighted by molar-refractivity contribution is 5.80. The van der Waals surface area contributed by atoms with Gasteiger partial charge in [-0.05, 0) is 71.8 Å². The van der Waals surface area contributed by atoms with E-state index in [2.05, 4.69) is 33.0 Å². The van der Waals surface area contributed by atoms with E-state index >= 15 is 0 Å². The molecule has 2 aliphatic heterocycles. The highest BCUT2D eigenvalue weighted by Gasteiger charge is 2.27. The van der Waals surface area contributed by atoms with Crippen LogP contribution in [0.3, 0.4) is 0 Å². The Hall–Kier alpha value is -2.81. The number of nitrogens with one attached hydrogen (secondary N) is 1. The number of aromatic nitrogens is 2. The summed E-state index contributed by atoms with van der Waals surface area (Å²) < 4.78 is 10.6. The van der Waals surface area contributed by atoms with Crippen molar-refractivity contribution in [3.05, 3.63) is 24.0 Å². The number of rotatable bonds is 5. The van der Waals surface area contributed by atoms with E-state index in [0.29, 0.717) is 32.2 Å². The summed E-state index contributed by atoms with van der Waals surface area (Å²) in [6.45, 7) is 12.9. The maximum atomic E-state index is 12.3. The summed E-state index contributed by atoms with van der Waals surface area (Å²) in [5.41, 5.74) is 2.67. The van der Waals surface area contributed by atoms with Crippen molar-refractivity contribution in [2.24, 2.45) is 0 Å². The van der Waals surface area contributed by atoms with E-state index in [0.717, 1.165) is 61.6 Å². The van der Waals surface area contributed by atoms with E-state index in [1.165, 1.54) is 0 Å². The molecule has 1 aromatic carbocycles. The number of carbonyl (C=O) groups excluding carboxylic acids is 2. The van der Waals surface area contributed by atoms with Crippen LogP contribution in [0.2, 0.25) is 0 Å². The van der Waals surface area contributed by atoms with Crippen molar-refractivity contribution < 1.29 is 19.1 Å². The first-order chi connectivity index (χ1) is 16.2. The van der Waals surface area contributed by atoms with Crippen molar-refractivity contribution in [1.29, 1.82) is 0 Å². The van der Waals surface area contributed by atoms with Crippen molar-refractivity contribution in [1.82, 2.24) is 19.8 Å². The number of piperazine rings is 1. The predicted octanol–water partition coefficient (Wildman–Crippen LogP) is 3.36. The third-order valence-electron chi connectivity index (χ3n) is 6.41. The van der Waals surface area contributed by atoms with Crippen LogP contribution < -0.4 is 4.90 Å². The van der Waals surface area contributed by atoms with Gasteiger partial charge in [-0.25, -0.2) is 9.78 Å². The van der Waals surface area contributed by atoms with Gasteiger partial charge in [0.15, 0.2) is 0 Å². The third kappa shape index (κ3) is 6.00. The summed E-state index contributed by atoms with van der Waals surface area (Å²) in [5, 5.41) is 0. The highest BCUT2D eigenvalue weighted by atomic mass is 16.6. The van der Waals surface area contributed by atoms with Gasteiger partial charge < -0.3 is 24.3 Å². The second kappa shape index (κ2) is 10.2. The average molecular weight is 472 g/mol. The summed E-state index contributed by atoms with van der Waals surface area (Å²) in [4.78, 5) is 38.7. The largest absolute Gasteiger partial charge is 0.465 e. The number of fused-ring (bicyclic) bond motifs is 1. The Balaban J connectivity index is 1.33. The maximum absolute atomic E-state index is 12.3. The lowest BCUT2D eigenvalue weighted by atomic mass is 9.96. The minimum Gasteiger partial charge on any atom is -0.465 e. The summed E-state index contributed by atoms with van der Waals surface area (Å²) in [6.07, 6.45) is 1.70. The highest BCUT2D eigenvalue weighted by Crippen LogP contribution is 2.29. The quantitative estimate of drug-likeness (QED) is 0.669. The van der Waals surface area contributed by atoms with Crippen LogP contribution in [-0.2, 0) is 14.3 Å². The van der Waals surface area contributed by atoms with Gasteiger partial charge in [-0.1, -0.05) is 0 Å². The minimum absolute atomic E-state index is 0.149. The molecule has 2 aliphatic rings. The second-order valence-electron chi connectivity index (χ2n) is 10.1. The molecule has 2 aromatic rings. The van der Waals surface area contributed by atoms with Crippen LogP contribution in [0.5, 0.6) is 0 Å². The first-order valence-electron chi connectivity index (χ1n) is 12.3. The zero-order valence-corrected chi connectivity index (χ0v) is 20.8. The molecule has 186 valence electrons. The Labute approximate surface area is 201 Å². The number of carbonyl (C=O) groups is 2. The number of benzene rings is 1. The second-order valence-corrected chi connectivity index (χ2v) is 10.1. The lowest BCUT2D eigenvalue weighted by Crippen LogP contribution is -2.50. The van der Waals surface area contributed by atoms with Gasteiger partial charge in [0, 0.05) is 37.8 Å². The van der Waals surface area contributed by atoms with E-state index in [-0.39, 0.29) is 12.1 Å². The number of likely N-dealkylation sites (tertiary alicyclic amines) is 1. The summed E-state index contributed by atoms with van der Waals surface area (Å²) >= 11 is 0. The molecular weight excluding hydrogens is 434 g/mol. The Bertz CT molecular complexity index is 998. The Morgan fingerprint density at radius 1 is 1.09 bits per heavy atom. The van der Waals surface area contributed by atoms with Gasteiger partial charge in [0.25, 0.3) is 0 Å². The van der Waals surface area contributed by atoms with Crippen molar-refractivity contribution in [2.45, 2.75) is 52.1 Å². The molecule has 1 aromatic heterocycles. The molecule has 0 aliphatic carbocycles. The zero-order valence-electron chi connectivity index (χ0n) is 20.8. The molecule has 1 amide bonds. The standard InChI is InChI=1S/C25H37N5O4/c1-5-33-22(31)17-28-10-8-18(9-11-28)23-26-20-7-6-19(16-21(20)27-23)29-12-14-30(15-13-29)24(32)34-25(2,3)4/h6-7,16,18H,5,8-15,17H2,1-4H3,(H,26,27). The van der Waals surface area contributed by atoms with Crippen molar-refractivity contribution in [3.8, 4) is 0 Å². The van der Waals surface area contributed by atoms with E-state index in [1.807, 2.05) is 27.7 Å². The number of H-pyrrole nitrogens is 1. The smallest absolute Gasteiger partial charge is 0.410 e. The number of aromatic amines is 1. The molecule has 1 N–H and O–H groups in total. The molecule has 2 fully saturated rings. The molecule has 0 unspecified atom stereocenters. The van der Waals surface area contributed by atoms with Crippen molar-refractivity contribution in [2.75, 3.05) is 57.3 Å². The van der Waals surface area contributed by atoms with Gasteiger partial charge in [0.2, 0.25) is 0 Å². The van der Waals surface area contributed by atoms with Gasteiger partial charge in [-0.3, -0.25) is 9.69 Å². The van der Waals surface area contributed by atoms with Crippen LogP contribution in [0, 0.1) is 0 Å². The third-order valence-corrected chi connectivity index (χ3v) is 6.41. The van der Waals surface area contributed by atoms with E-state index in [1.54, 1.807) is 4.90 Å². The number of nitrogens with zero attached hydrogens (tertiary/aromatic N) is 4. The van der Waals surface area contributed by atoms with Crippen LogP contribution >= 0.6 is 0 Å². The first-order valence-corrected chi connectivity index (χ1v) is 12.3. The molecule has 0 atom stereocenters. The lowest BCUT2D eigenvalue weighted by molar-refractivity contribution is -0.144. The number of hydrogen-bond donors (Lipinski definition) is 1. The Morgan fingerprint density at radius 3 is 2.44 bits per heavy atom. The summed E-state index contributed by atoms with van der Waals surface area (Å²) in [6, 6.07) is 6.34. The van der Waals surface area contributed by atoms with Crippen LogP contribution in [0.1, 0.15) is 52.3 Å². The SMILES string of the molecule is CCOC(=O)CN1CCC(c2nc3ccc(N4CCN(C(=O)OC(C)(C)C)CC4)cc3[nH]2)CC1. The number of amides is 1. The summed E-state index contributed by atoms with van der Waals surface area (Å²) in [5.74, 6) is 1.24. The molecule has 9 nitrogen and oxygen atoms in total. The zero-order chi connectivity index (χ0) is 24.3. The van der Waals surface area contributed by atoms with Crippen LogP contribution in [0.15, 0.2) is 18.2 Å². The number of ether oxygens (including phenoxy) is 2. The van der Waals surface area contributed by atoms with Gasteiger partial charge in [0.05, 0.1) is 24.2 Å². The number of hydrogen-bond acceptors (Lipinski definition) is 7.